The van der Waals surface area contributed by atoms with Gasteiger partial charge in [-0.05, 0) is 71.6 Å². The monoisotopic (exact) mass is 417 g/mol. The van der Waals surface area contributed by atoms with Gasteiger partial charge in [0.25, 0.3) is 0 Å². The summed E-state index contributed by atoms with van der Waals surface area (Å²) in [6.45, 7) is 3.31. The maximum atomic E-state index is 11.3. The predicted molar refractivity (Wildman–Crippen MR) is 113 cm³/mol. The Balaban J connectivity index is 0. The minimum atomic E-state index is -1.26. The Labute approximate surface area is 199 Å². The molecule has 0 unspecified atom stereocenters. The minimum Gasteiger partial charge on any atom is -0.548 e. The molecule has 0 aliphatic heterocycles. The van der Waals surface area contributed by atoms with Gasteiger partial charge < -0.3 is 20.3 Å². The molecule has 0 rings (SSSR count). The van der Waals surface area contributed by atoms with E-state index in [0.717, 1.165) is 44.9 Å². The Bertz CT molecular complexity index is 470. The van der Waals surface area contributed by atoms with Gasteiger partial charge >= 0.3 is 29.6 Å². The van der Waals surface area contributed by atoms with Crippen molar-refractivity contribution < 1.29 is 49.4 Å². The third kappa shape index (κ3) is 27.4. The molecule has 0 spiro atoms. The van der Waals surface area contributed by atoms with Crippen LogP contribution in [0.2, 0.25) is 0 Å². The van der Waals surface area contributed by atoms with Crippen LogP contribution in [0.4, 0.5) is 0 Å². The summed E-state index contributed by atoms with van der Waals surface area (Å²) in [4.78, 5) is 21.5. The Hall–Kier alpha value is -0.620. The molecule has 0 aromatic carbocycles. The van der Waals surface area contributed by atoms with E-state index in [0.29, 0.717) is 6.42 Å². The molecule has 0 aliphatic carbocycles. The maximum absolute atomic E-state index is 11.3. The molecule has 2 N–H and O–H groups in total. The fourth-order valence-electron chi connectivity index (χ4n) is 2.82. The molecule has 0 saturated carbocycles. The average molecular weight is 418 g/mol. The second-order valence-electron chi connectivity index (χ2n) is 8.03. The number of carbonyl (C=O) groups is 2. The zero-order valence-corrected chi connectivity index (χ0v) is 20.9. The number of hydrogen-bond acceptors (Lipinski definition) is 4. The molecule has 0 fully saturated rings. The summed E-state index contributed by atoms with van der Waals surface area (Å²) in [6, 6.07) is 0. The molecular formula is C23H40NNaO4. The number of rotatable bonds is 18. The minimum absolute atomic E-state index is 0. The van der Waals surface area contributed by atoms with Crippen molar-refractivity contribution in [2.45, 2.75) is 103 Å². The molecule has 0 atom stereocenters. The van der Waals surface area contributed by atoms with Gasteiger partial charge in [0.05, 0.1) is 18.1 Å². The Morgan fingerprint density at radius 2 is 1.28 bits per heavy atom. The van der Waals surface area contributed by atoms with Crippen LogP contribution in [0, 0.1) is 0 Å². The predicted octanol–water partition coefficient (Wildman–Crippen LogP) is 0.811. The molecular weight excluding hydrogens is 377 g/mol. The van der Waals surface area contributed by atoms with Crippen molar-refractivity contribution in [2.24, 2.45) is 0 Å². The van der Waals surface area contributed by atoms with Gasteiger partial charge in [0.15, 0.2) is 0 Å². The van der Waals surface area contributed by atoms with Crippen molar-refractivity contribution in [1.82, 2.24) is 5.32 Å². The third-order valence-electron chi connectivity index (χ3n) is 4.44. The first kappa shape index (κ1) is 30.6. The topological polar surface area (TPSA) is 89.5 Å². The molecule has 29 heavy (non-hydrogen) atoms. The Morgan fingerprint density at radius 3 is 1.76 bits per heavy atom. The Kier molecular flexibility index (Phi) is 21.8. The number of allylic oxidation sites excluding steroid dienone is 4. The van der Waals surface area contributed by atoms with Gasteiger partial charge in [0.2, 0.25) is 5.91 Å². The van der Waals surface area contributed by atoms with Crippen molar-refractivity contribution in [3.63, 3.8) is 0 Å². The molecule has 0 aliphatic rings. The molecule has 0 saturated heterocycles. The van der Waals surface area contributed by atoms with E-state index in [1.165, 1.54) is 32.1 Å². The van der Waals surface area contributed by atoms with E-state index < -0.39 is 18.1 Å². The number of carbonyl (C=O) groups excluding carboxylic acids is 2. The molecule has 0 bridgehead atoms. The van der Waals surface area contributed by atoms with Crippen LogP contribution in [0.15, 0.2) is 24.3 Å². The van der Waals surface area contributed by atoms with Gasteiger partial charge in [0, 0.05) is 6.42 Å². The van der Waals surface area contributed by atoms with Crippen LogP contribution in [0.25, 0.3) is 0 Å². The smallest absolute Gasteiger partial charge is 0.548 e. The van der Waals surface area contributed by atoms with E-state index in [-0.39, 0.29) is 35.5 Å². The van der Waals surface area contributed by atoms with E-state index in [9.17, 15) is 19.8 Å². The zero-order chi connectivity index (χ0) is 21.1. The van der Waals surface area contributed by atoms with Gasteiger partial charge in [-0.1, -0.05) is 43.6 Å². The summed E-state index contributed by atoms with van der Waals surface area (Å²) in [6.07, 6.45) is 22.2. The molecule has 1 amide bonds. The number of unbranched alkanes of at least 4 members (excludes halogenated alkanes) is 8. The standard InChI is InChI=1S/C23H41NO4.Na/c1-23(2,28)19-17-15-13-11-9-7-5-3-4-6-8-10-12-14-16-18-21(25)24-20-22(26)27;/h10-13,28H,3-9,14-20H2,1-2H3,(H,24,25)(H,26,27);/q;+1/p-1/b12-10-,13-11-;. The van der Waals surface area contributed by atoms with E-state index in [4.69, 9.17) is 0 Å². The van der Waals surface area contributed by atoms with E-state index in [1.54, 1.807) is 0 Å². The van der Waals surface area contributed by atoms with Crippen LogP contribution in [-0.2, 0) is 9.59 Å². The van der Waals surface area contributed by atoms with Crippen LogP contribution in [0.5, 0.6) is 0 Å². The number of nitrogens with one attached hydrogen (secondary N) is 1. The van der Waals surface area contributed by atoms with Crippen molar-refractivity contribution in [3.8, 4) is 0 Å². The van der Waals surface area contributed by atoms with Crippen LogP contribution in [-0.4, -0.2) is 29.1 Å². The van der Waals surface area contributed by atoms with Crippen LogP contribution in [0.1, 0.15) is 97.3 Å². The first-order valence-electron chi connectivity index (χ1n) is 10.8. The van der Waals surface area contributed by atoms with Crippen LogP contribution in [0.3, 0.4) is 0 Å². The number of carboxylic acids is 1. The molecule has 0 aromatic rings. The summed E-state index contributed by atoms with van der Waals surface area (Å²) in [5.41, 5.74) is -0.541. The zero-order valence-electron chi connectivity index (χ0n) is 18.9. The molecule has 0 aromatic heterocycles. The summed E-state index contributed by atoms with van der Waals surface area (Å²) in [7, 11) is 0. The Morgan fingerprint density at radius 1 is 0.828 bits per heavy atom. The van der Waals surface area contributed by atoms with Crippen molar-refractivity contribution in [2.75, 3.05) is 6.54 Å². The summed E-state index contributed by atoms with van der Waals surface area (Å²) in [5.74, 6) is -1.50. The fraction of sp³-hybridized carbons (Fsp3) is 0.739. The van der Waals surface area contributed by atoms with Crippen molar-refractivity contribution in [3.05, 3.63) is 24.3 Å². The van der Waals surface area contributed by atoms with Gasteiger partial charge in [-0.2, -0.15) is 0 Å². The summed E-state index contributed by atoms with van der Waals surface area (Å²) in [5, 5.41) is 22.1. The summed E-state index contributed by atoms with van der Waals surface area (Å²) >= 11 is 0. The van der Waals surface area contributed by atoms with E-state index >= 15 is 0 Å². The molecule has 6 heteroatoms. The summed E-state index contributed by atoms with van der Waals surface area (Å²) < 4.78 is 0. The number of aliphatic hydroxyl groups is 1. The maximum Gasteiger partial charge on any atom is 1.00 e. The second-order valence-corrected chi connectivity index (χ2v) is 8.03. The molecule has 0 heterocycles. The van der Waals surface area contributed by atoms with Gasteiger partial charge in [-0.25, -0.2) is 0 Å². The largest absolute Gasteiger partial charge is 1.00 e. The number of carboxylic acid groups (broad SMARTS) is 1. The van der Waals surface area contributed by atoms with Crippen molar-refractivity contribution >= 4 is 11.9 Å². The molecule has 162 valence electrons. The van der Waals surface area contributed by atoms with Gasteiger partial charge in [-0.3, -0.25) is 4.79 Å². The number of amides is 1. The average Bonchev–Trinajstić information content (AvgIpc) is 2.61. The molecule has 5 nitrogen and oxygen atoms in total. The SMILES string of the molecule is CC(C)(O)CCC/C=C\CCCCCCC/C=C\CCCC(=O)NCC(=O)[O-].[Na+]. The second kappa shape index (κ2) is 20.6. The number of aliphatic carboxylic acids is 1. The van der Waals surface area contributed by atoms with Crippen LogP contribution >= 0.6 is 0 Å². The van der Waals surface area contributed by atoms with E-state index in [1.807, 2.05) is 13.8 Å². The quantitative estimate of drug-likeness (QED) is 0.196. The first-order chi connectivity index (χ1) is 13.3. The third-order valence-corrected chi connectivity index (χ3v) is 4.44. The molecule has 0 radical (unpaired) electrons. The first-order valence-corrected chi connectivity index (χ1v) is 10.8. The fourth-order valence-corrected chi connectivity index (χ4v) is 2.82. The van der Waals surface area contributed by atoms with Gasteiger partial charge in [0.1, 0.15) is 0 Å². The van der Waals surface area contributed by atoms with Gasteiger partial charge in [-0.15, -0.1) is 0 Å². The van der Waals surface area contributed by atoms with Crippen molar-refractivity contribution in [1.29, 1.82) is 0 Å². The normalized spacial score (nSPS) is 11.7. The number of hydrogen-bond donors (Lipinski definition) is 2. The van der Waals surface area contributed by atoms with Crippen LogP contribution < -0.4 is 40.0 Å². The van der Waals surface area contributed by atoms with E-state index in [2.05, 4.69) is 29.6 Å².